The molecule has 4 N–H and O–H groups in total. The van der Waals surface area contributed by atoms with E-state index in [2.05, 4.69) is 59.8 Å². The molecule has 1 saturated heterocycles. The van der Waals surface area contributed by atoms with Crippen LogP contribution >= 0.6 is 0 Å². The molecule has 1 fully saturated rings. The van der Waals surface area contributed by atoms with Crippen molar-refractivity contribution in [3.63, 3.8) is 0 Å². The Kier molecular flexibility index (Phi) is 9.47. The van der Waals surface area contributed by atoms with Crippen molar-refractivity contribution in [2.24, 2.45) is 10.7 Å². The van der Waals surface area contributed by atoms with Crippen molar-refractivity contribution >= 4 is 34.8 Å². The largest absolute Gasteiger partial charge is 0.495 e. The van der Waals surface area contributed by atoms with Crippen molar-refractivity contribution in [1.82, 2.24) is 14.9 Å². The Bertz CT molecular complexity index is 1480. The van der Waals surface area contributed by atoms with Gasteiger partial charge in [-0.05, 0) is 73.9 Å². The van der Waals surface area contributed by atoms with Crippen LogP contribution in [0.3, 0.4) is 0 Å². The molecule has 2 heterocycles. The minimum atomic E-state index is -0.279. The van der Waals surface area contributed by atoms with Gasteiger partial charge in [-0.3, -0.25) is 4.79 Å². The number of carbonyl (C=O) groups excluding carboxylic acids is 1. The highest BCUT2D eigenvalue weighted by molar-refractivity contribution is 6.06. The third-order valence-corrected chi connectivity index (χ3v) is 7.30. The number of hydrogen-bond acceptors (Lipinski definition) is 8. The van der Waals surface area contributed by atoms with Gasteiger partial charge in [-0.15, -0.1) is 0 Å². The molecule has 1 aromatic heterocycles. The number of nitrogens with two attached hydrogens (primary N) is 1. The summed E-state index contributed by atoms with van der Waals surface area (Å²) in [5.74, 6) is 1.11. The maximum absolute atomic E-state index is 13.4. The van der Waals surface area contributed by atoms with Crippen LogP contribution in [-0.2, 0) is 5.41 Å². The number of aliphatic imine (C=N–C) groups is 1. The average Bonchev–Trinajstić information content (AvgIpc) is 3.18. The van der Waals surface area contributed by atoms with Gasteiger partial charge in [0.05, 0.1) is 30.4 Å². The normalized spacial score (nSPS) is 14.7. The number of carbonyl (C=O) groups is 1. The van der Waals surface area contributed by atoms with E-state index in [-0.39, 0.29) is 17.2 Å². The van der Waals surface area contributed by atoms with E-state index in [1.807, 2.05) is 31.2 Å². The quantitative estimate of drug-likeness (QED) is 0.253. The molecule has 1 aliphatic heterocycles. The highest BCUT2D eigenvalue weighted by Crippen LogP contribution is 2.32. The Morgan fingerprint density at radius 3 is 2.62 bits per heavy atom. The molecule has 42 heavy (non-hydrogen) atoms. The van der Waals surface area contributed by atoms with Gasteiger partial charge in [0.15, 0.2) is 5.84 Å². The van der Waals surface area contributed by atoms with E-state index < -0.39 is 0 Å². The molecule has 0 unspecified atom stereocenters. The lowest BCUT2D eigenvalue weighted by Gasteiger charge is -2.21. The van der Waals surface area contributed by atoms with Crippen molar-refractivity contribution in [2.75, 3.05) is 55.9 Å². The van der Waals surface area contributed by atoms with Crippen molar-refractivity contribution in [3.05, 3.63) is 77.8 Å². The van der Waals surface area contributed by atoms with Gasteiger partial charge in [-0.25, -0.2) is 15.0 Å². The number of nitrogens with one attached hydrogen (secondary N) is 2. The maximum atomic E-state index is 13.4. The first-order valence-electron chi connectivity index (χ1n) is 14.1. The molecule has 2 aromatic carbocycles. The zero-order valence-electron chi connectivity index (χ0n) is 25.5. The summed E-state index contributed by atoms with van der Waals surface area (Å²) in [7, 11) is 3.70. The lowest BCUT2D eigenvalue weighted by atomic mass is 9.87. The second-order valence-electron chi connectivity index (χ2n) is 11.5. The van der Waals surface area contributed by atoms with E-state index in [4.69, 9.17) is 20.4 Å². The second-order valence-corrected chi connectivity index (χ2v) is 11.5. The zero-order chi connectivity index (χ0) is 30.4. The molecule has 4 rings (SSSR count). The molecule has 1 amide bonds. The molecule has 1 aliphatic rings. The number of anilines is 3. The molecule has 0 radical (unpaired) electrons. The molecule has 0 saturated carbocycles. The summed E-state index contributed by atoms with van der Waals surface area (Å²) in [5.41, 5.74) is 11.1. The molecule has 0 aliphatic carbocycles. The molecule has 0 spiro atoms. The number of benzene rings is 2. The Morgan fingerprint density at radius 2 is 1.90 bits per heavy atom. The van der Waals surface area contributed by atoms with Crippen LogP contribution in [0, 0.1) is 6.92 Å². The minimum absolute atomic E-state index is 0.0846. The lowest BCUT2D eigenvalue weighted by Crippen LogP contribution is -2.31. The smallest absolute Gasteiger partial charge is 0.255 e. The first-order chi connectivity index (χ1) is 20.0. The summed E-state index contributed by atoms with van der Waals surface area (Å²) in [5, 5.41) is 6.07. The summed E-state index contributed by atoms with van der Waals surface area (Å²) in [6, 6.07) is 11.2. The van der Waals surface area contributed by atoms with Crippen molar-refractivity contribution in [2.45, 2.75) is 39.5 Å². The van der Waals surface area contributed by atoms with Crippen LogP contribution in [0.15, 0.2) is 60.4 Å². The fourth-order valence-electron chi connectivity index (χ4n) is 4.70. The molecule has 3 aromatic rings. The van der Waals surface area contributed by atoms with Gasteiger partial charge in [0, 0.05) is 25.2 Å². The number of aromatic nitrogens is 2. The number of hydrogen-bond donors (Lipinski definition) is 3. The van der Waals surface area contributed by atoms with Gasteiger partial charge in [0.1, 0.15) is 11.4 Å². The van der Waals surface area contributed by atoms with Crippen LogP contribution < -0.4 is 26.0 Å². The predicted octanol–water partition coefficient (Wildman–Crippen LogP) is 5.08. The number of methoxy groups -OCH3 is 1. The second kappa shape index (κ2) is 13.0. The number of nitrogens with zero attached hydrogens (tertiary/aromatic N) is 5. The third kappa shape index (κ3) is 7.25. The molecule has 0 atom stereocenters. The van der Waals surface area contributed by atoms with Crippen molar-refractivity contribution in [3.8, 4) is 5.75 Å². The molecule has 222 valence electrons. The van der Waals surface area contributed by atoms with Gasteiger partial charge in [-0.2, -0.15) is 0 Å². The number of ether oxygens (including phenoxy) is 1. The number of amides is 1. The third-order valence-electron chi connectivity index (χ3n) is 7.30. The predicted molar refractivity (Wildman–Crippen MR) is 171 cm³/mol. The number of rotatable bonds is 8. The first kappa shape index (κ1) is 30.5. The van der Waals surface area contributed by atoms with E-state index in [0.29, 0.717) is 40.0 Å². The molecular weight excluding hydrogens is 528 g/mol. The standard InChI is InChI=1S/C32H42N8O2/c1-8-34-26-20-35-31(40-15-9-14-39(6)16-17-40)38-28(26)29(33)36-24-18-22(11-10-21(24)2)30(41)37-25-19-23(32(3,4)5)12-13-27(25)42-7/h8,10-13,18-20,34H,1,9,14-17H2,2-7H3,(H2,33,36)(H,37,41). The van der Waals surface area contributed by atoms with E-state index in [1.165, 1.54) is 0 Å². The summed E-state index contributed by atoms with van der Waals surface area (Å²) in [4.78, 5) is 31.9. The average molecular weight is 571 g/mol. The van der Waals surface area contributed by atoms with Crippen LogP contribution in [-0.4, -0.2) is 66.9 Å². The lowest BCUT2D eigenvalue weighted by molar-refractivity contribution is 0.102. The number of amidine groups is 1. The van der Waals surface area contributed by atoms with Gasteiger partial charge >= 0.3 is 0 Å². The van der Waals surface area contributed by atoms with Crippen LogP contribution in [0.2, 0.25) is 0 Å². The number of aryl methyl sites for hydroxylation is 1. The highest BCUT2D eigenvalue weighted by Gasteiger charge is 2.20. The van der Waals surface area contributed by atoms with E-state index in [9.17, 15) is 4.79 Å². The highest BCUT2D eigenvalue weighted by atomic mass is 16.5. The van der Waals surface area contributed by atoms with Crippen molar-refractivity contribution in [1.29, 1.82) is 0 Å². The molecule has 0 bridgehead atoms. The first-order valence-corrected chi connectivity index (χ1v) is 14.1. The Morgan fingerprint density at radius 1 is 1.12 bits per heavy atom. The van der Waals surface area contributed by atoms with Gasteiger partial charge in [0.25, 0.3) is 5.91 Å². The molecule has 10 nitrogen and oxygen atoms in total. The summed E-state index contributed by atoms with van der Waals surface area (Å²) < 4.78 is 5.51. The van der Waals surface area contributed by atoms with Gasteiger partial charge < -0.3 is 30.9 Å². The molecular formula is C32H42N8O2. The van der Waals surface area contributed by atoms with Crippen LogP contribution in [0.25, 0.3) is 0 Å². The fourth-order valence-corrected chi connectivity index (χ4v) is 4.70. The topological polar surface area (TPSA) is 121 Å². The van der Waals surface area contributed by atoms with Crippen LogP contribution in [0.4, 0.5) is 23.0 Å². The van der Waals surface area contributed by atoms with Gasteiger partial charge in [0.2, 0.25) is 5.95 Å². The maximum Gasteiger partial charge on any atom is 0.255 e. The number of likely N-dealkylation sites (N-methyl/N-ethyl adjacent to an activating group) is 1. The Labute approximate surface area is 248 Å². The van der Waals surface area contributed by atoms with Crippen LogP contribution in [0.5, 0.6) is 5.75 Å². The summed E-state index contributed by atoms with van der Waals surface area (Å²) >= 11 is 0. The van der Waals surface area contributed by atoms with E-state index in [1.54, 1.807) is 31.6 Å². The minimum Gasteiger partial charge on any atom is -0.495 e. The monoisotopic (exact) mass is 570 g/mol. The van der Waals surface area contributed by atoms with E-state index >= 15 is 0 Å². The van der Waals surface area contributed by atoms with Crippen molar-refractivity contribution < 1.29 is 9.53 Å². The zero-order valence-corrected chi connectivity index (χ0v) is 25.5. The summed E-state index contributed by atoms with van der Waals surface area (Å²) in [6.45, 7) is 15.7. The summed E-state index contributed by atoms with van der Waals surface area (Å²) in [6.07, 6.45) is 4.27. The SMILES string of the molecule is C=CNc1cnc(N2CCCN(C)CC2)nc1C(N)=Nc1cc(C(=O)Nc2cc(C(C)(C)C)ccc2OC)ccc1C. The van der Waals surface area contributed by atoms with E-state index in [0.717, 1.165) is 43.7 Å². The van der Waals surface area contributed by atoms with Gasteiger partial charge in [-0.1, -0.05) is 39.5 Å². The fraction of sp³-hybridized carbons (Fsp3) is 0.375. The Hall–Kier alpha value is -4.44. The Balaban J connectivity index is 1.65. The van der Waals surface area contributed by atoms with Crippen LogP contribution in [0.1, 0.15) is 54.4 Å². The molecule has 10 heteroatoms.